The summed E-state index contributed by atoms with van der Waals surface area (Å²) in [6.07, 6.45) is -5.53. The van der Waals surface area contributed by atoms with Crippen LogP contribution in [0.5, 0.6) is 11.5 Å². The van der Waals surface area contributed by atoms with Gasteiger partial charge in [-0.15, -0.1) is 0 Å². The molecule has 19 nitrogen and oxygen atoms in total. The van der Waals surface area contributed by atoms with Crippen LogP contribution in [0.4, 0.5) is 10.5 Å². The van der Waals surface area contributed by atoms with E-state index in [0.29, 0.717) is 42.8 Å². The molecule has 2 aromatic carbocycles. The summed E-state index contributed by atoms with van der Waals surface area (Å²) < 4.78 is 53.3. The fourth-order valence-electron chi connectivity index (χ4n) is 13.1. The van der Waals surface area contributed by atoms with Crippen molar-refractivity contribution in [2.45, 2.75) is 161 Å². The monoisotopic (exact) mass is 1020 g/mol. The average Bonchev–Trinajstić information content (AvgIpc) is 3.65. The van der Waals surface area contributed by atoms with Gasteiger partial charge in [-0.1, -0.05) is 46.3 Å². The van der Waals surface area contributed by atoms with E-state index in [0.717, 1.165) is 50.7 Å². The van der Waals surface area contributed by atoms with E-state index in [4.69, 9.17) is 42.6 Å². The standard InChI is InChI=1S/C54H71NO18/c1-28(2)8-19-40(58)29(3)44-42(25-39-37-18-11-32-24-34(57)20-22-53(32,5)38(37)21-23-54(39,44)6)70-51-48(68-30(4)56)46(41(59)26-66-51)73-50-47(72-49(61)31-9-14-35(65-7)15-10-31)45(60)43(27-67-50)71-52(62)69-36-16-12-33(13-17-36)55(63)64/h9-17,28-29,34,37-39,41-48,50-51,57,59-60H,8,18-27H2,1-7H3/t29-,34?,37?,38?,39+,41?,42?,43?,44?,45?,46?,47?,48?,50?,51?,53?,54?/m1/s1. The summed E-state index contributed by atoms with van der Waals surface area (Å²) in [7, 11) is 1.46. The van der Waals surface area contributed by atoms with Gasteiger partial charge in [0, 0.05) is 37.3 Å². The van der Waals surface area contributed by atoms with Crippen LogP contribution in [-0.2, 0) is 42.7 Å². The van der Waals surface area contributed by atoms with Gasteiger partial charge in [-0.3, -0.25) is 19.7 Å². The summed E-state index contributed by atoms with van der Waals surface area (Å²) in [4.78, 5) is 64.5. The van der Waals surface area contributed by atoms with Crippen molar-refractivity contribution in [3.05, 3.63) is 75.9 Å². The van der Waals surface area contributed by atoms with Crippen LogP contribution >= 0.6 is 0 Å². The maximum absolute atomic E-state index is 14.2. The quantitative estimate of drug-likeness (QED) is 0.0380. The number of benzene rings is 2. The number of esters is 2. The molecule has 0 bridgehead atoms. The number of aliphatic hydroxyl groups excluding tert-OH is 3. The normalized spacial score (nSPS) is 36.3. The summed E-state index contributed by atoms with van der Waals surface area (Å²) in [6.45, 7) is 11.1. The molecule has 15 unspecified atom stereocenters. The van der Waals surface area contributed by atoms with Crippen molar-refractivity contribution in [1.82, 2.24) is 0 Å². The second-order valence-electron chi connectivity index (χ2n) is 21.8. The van der Waals surface area contributed by atoms with Gasteiger partial charge < -0.3 is 58.0 Å². The first-order valence-corrected chi connectivity index (χ1v) is 25.7. The number of aliphatic hydroxyl groups is 3. The lowest BCUT2D eigenvalue weighted by Gasteiger charge is -2.58. The van der Waals surface area contributed by atoms with E-state index in [2.05, 4.69) is 33.8 Å². The lowest BCUT2D eigenvalue weighted by Crippen LogP contribution is -2.62. The molecule has 2 saturated heterocycles. The molecular weight excluding hydrogens is 951 g/mol. The van der Waals surface area contributed by atoms with Crippen LogP contribution < -0.4 is 9.47 Å². The summed E-state index contributed by atoms with van der Waals surface area (Å²) in [5.41, 5.74) is 0.800. The number of hydrogen-bond acceptors (Lipinski definition) is 18. The van der Waals surface area contributed by atoms with Gasteiger partial charge in [0.05, 0.1) is 43.0 Å². The number of ether oxygens (including phenoxy) is 9. The van der Waals surface area contributed by atoms with Gasteiger partial charge in [-0.25, -0.2) is 9.59 Å². The van der Waals surface area contributed by atoms with Crippen LogP contribution in [0.2, 0.25) is 0 Å². The van der Waals surface area contributed by atoms with E-state index in [1.165, 1.54) is 56.0 Å². The number of non-ortho nitro benzene ring substituents is 1. The maximum Gasteiger partial charge on any atom is 0.514 e. The molecule has 2 aromatic rings. The highest BCUT2D eigenvalue weighted by Gasteiger charge is 2.64. The van der Waals surface area contributed by atoms with E-state index in [1.54, 1.807) is 0 Å². The highest BCUT2D eigenvalue weighted by Crippen LogP contribution is 2.68. The van der Waals surface area contributed by atoms with Gasteiger partial charge in [-0.05, 0) is 122 Å². The second-order valence-corrected chi connectivity index (χ2v) is 21.8. The minimum atomic E-state index is -1.84. The van der Waals surface area contributed by atoms with Crippen LogP contribution in [0.25, 0.3) is 0 Å². The van der Waals surface area contributed by atoms with E-state index >= 15 is 0 Å². The molecule has 0 radical (unpaired) electrons. The summed E-state index contributed by atoms with van der Waals surface area (Å²) in [6, 6.07) is 10.5. The molecule has 0 amide bonds. The topological polar surface area (TPSA) is 255 Å². The van der Waals surface area contributed by atoms with E-state index in [1.807, 2.05) is 6.92 Å². The Labute approximate surface area is 425 Å². The molecule has 5 fully saturated rings. The molecule has 8 rings (SSSR count). The Balaban J connectivity index is 1.06. The summed E-state index contributed by atoms with van der Waals surface area (Å²) in [5.74, 6) is -0.643. The Hall–Kier alpha value is -5.02. The first-order chi connectivity index (χ1) is 34.7. The number of carbonyl (C=O) groups excluding carboxylic acids is 4. The summed E-state index contributed by atoms with van der Waals surface area (Å²) in [5, 5.41) is 45.3. The third-order valence-electron chi connectivity index (χ3n) is 17.0. The Bertz CT molecular complexity index is 2340. The van der Waals surface area contributed by atoms with Crippen molar-refractivity contribution < 1.29 is 82.1 Å². The zero-order valence-electron chi connectivity index (χ0n) is 42.6. The predicted octanol–water partition coefficient (Wildman–Crippen LogP) is 7.04. The molecule has 19 heteroatoms. The Morgan fingerprint density at radius 2 is 1.51 bits per heavy atom. The predicted molar refractivity (Wildman–Crippen MR) is 258 cm³/mol. The molecule has 400 valence electrons. The first kappa shape index (κ1) is 54.2. The zero-order chi connectivity index (χ0) is 52.5. The number of nitro groups is 1. The van der Waals surface area contributed by atoms with Gasteiger partial charge in [-0.2, -0.15) is 0 Å². The number of hydrogen-bond donors (Lipinski definition) is 3. The lowest BCUT2D eigenvalue weighted by molar-refractivity contribution is -0.384. The number of ketones is 1. The molecular formula is C54H71NO18. The third-order valence-corrected chi connectivity index (χ3v) is 17.0. The number of Topliss-reactive ketones (excluding diaryl/α,β-unsaturated/α-hetero) is 1. The average molecular weight is 1020 g/mol. The van der Waals surface area contributed by atoms with Crippen molar-refractivity contribution in [1.29, 1.82) is 0 Å². The van der Waals surface area contributed by atoms with E-state index < -0.39 is 90.8 Å². The Kier molecular flexibility index (Phi) is 16.7. The fourth-order valence-corrected chi connectivity index (χ4v) is 13.1. The van der Waals surface area contributed by atoms with Crippen molar-refractivity contribution in [2.24, 2.45) is 46.3 Å². The molecule has 6 aliphatic rings. The minimum Gasteiger partial charge on any atom is -0.497 e. The van der Waals surface area contributed by atoms with Crippen LogP contribution in [0.15, 0.2) is 60.2 Å². The Morgan fingerprint density at radius 1 is 0.822 bits per heavy atom. The maximum atomic E-state index is 14.2. The number of methoxy groups -OCH3 is 1. The molecule has 73 heavy (non-hydrogen) atoms. The van der Waals surface area contributed by atoms with Crippen molar-refractivity contribution in [3.63, 3.8) is 0 Å². The molecule has 0 aromatic heterocycles. The highest BCUT2D eigenvalue weighted by atomic mass is 16.8. The van der Waals surface area contributed by atoms with Crippen LogP contribution in [0.1, 0.15) is 110 Å². The second kappa shape index (κ2) is 22.4. The third kappa shape index (κ3) is 11.5. The first-order valence-electron chi connectivity index (χ1n) is 25.7. The van der Waals surface area contributed by atoms with Gasteiger partial charge in [0.25, 0.3) is 5.69 Å². The SMILES string of the molecule is COc1ccc(C(=O)OC2C(OC3C(O)COC(OC4C[C@H]5C6CC=C7CC(O)CCC7(C)C6CCC5(C)C4[C@H](C)C(=O)CCC(C)C)C3OC(C)=O)OCC(OC(=O)Oc3ccc([N+](=O)[O-])cc3)C2O)cc1. The molecule has 2 aliphatic heterocycles. The molecule has 0 spiro atoms. The minimum absolute atomic E-state index is 0.0371. The van der Waals surface area contributed by atoms with E-state index in [-0.39, 0.29) is 58.2 Å². The number of nitrogens with zero attached hydrogens (tertiary/aromatic N) is 1. The fraction of sp³-hybridized carbons (Fsp3) is 0.667. The van der Waals surface area contributed by atoms with E-state index in [9.17, 15) is 44.6 Å². The van der Waals surface area contributed by atoms with Gasteiger partial charge in [0.2, 0.25) is 0 Å². The van der Waals surface area contributed by atoms with Crippen molar-refractivity contribution in [3.8, 4) is 11.5 Å². The van der Waals surface area contributed by atoms with Crippen LogP contribution in [-0.4, -0.2) is 126 Å². The number of carbonyl (C=O) groups is 4. The number of fused-ring (bicyclic) bond motifs is 5. The molecule has 3 saturated carbocycles. The van der Waals surface area contributed by atoms with Crippen molar-refractivity contribution >= 4 is 29.6 Å². The molecule has 17 atom stereocenters. The van der Waals surface area contributed by atoms with Crippen LogP contribution in [0, 0.1) is 56.5 Å². The van der Waals surface area contributed by atoms with Gasteiger partial charge >= 0.3 is 18.1 Å². The Morgan fingerprint density at radius 3 is 2.18 bits per heavy atom. The number of nitro benzene ring substituents is 1. The van der Waals surface area contributed by atoms with Gasteiger partial charge in [0.1, 0.15) is 35.6 Å². The molecule has 4 aliphatic carbocycles. The van der Waals surface area contributed by atoms with Gasteiger partial charge in [0.15, 0.2) is 30.9 Å². The molecule has 2 heterocycles. The largest absolute Gasteiger partial charge is 0.514 e. The van der Waals surface area contributed by atoms with Crippen molar-refractivity contribution in [2.75, 3.05) is 20.3 Å². The lowest BCUT2D eigenvalue weighted by atomic mass is 9.47. The smallest absolute Gasteiger partial charge is 0.497 e. The number of rotatable bonds is 16. The molecule has 3 N–H and O–H groups in total. The zero-order valence-corrected chi connectivity index (χ0v) is 42.6. The van der Waals surface area contributed by atoms with Crippen LogP contribution in [0.3, 0.4) is 0 Å². The number of allylic oxidation sites excluding steroid dienone is 1. The highest BCUT2D eigenvalue weighted by molar-refractivity contribution is 5.89. The summed E-state index contributed by atoms with van der Waals surface area (Å²) >= 11 is 0.